The van der Waals surface area contributed by atoms with Crippen LogP contribution in [0.25, 0.3) is 0 Å². The number of nitrogens with zero attached hydrogens (tertiary/aromatic N) is 2. The van der Waals surface area contributed by atoms with E-state index in [0.717, 1.165) is 5.82 Å². The Morgan fingerprint density at radius 1 is 1.50 bits per heavy atom. The highest BCUT2D eigenvalue weighted by Crippen LogP contribution is 2.36. The number of aromatic nitrogens is 2. The molecule has 20 heavy (non-hydrogen) atoms. The number of imidazole rings is 1. The molecule has 1 heterocycles. The summed E-state index contributed by atoms with van der Waals surface area (Å²) < 4.78 is 7.90. The van der Waals surface area contributed by atoms with Crippen LogP contribution in [-0.2, 0) is 22.2 Å². The molecule has 0 aliphatic carbocycles. The van der Waals surface area contributed by atoms with Crippen molar-refractivity contribution < 1.29 is 9.22 Å². The number of hydrogen-bond acceptors (Lipinski definition) is 4. The van der Waals surface area contributed by atoms with E-state index in [1.807, 2.05) is 0 Å². The monoisotopic (exact) mass is 298 g/mol. The van der Waals surface area contributed by atoms with Crippen LogP contribution in [0.3, 0.4) is 0 Å². The van der Waals surface area contributed by atoms with Crippen LogP contribution in [0.1, 0.15) is 26.6 Å². The fourth-order valence-corrected chi connectivity index (χ4v) is 2.57. The average Bonchev–Trinajstić information content (AvgIpc) is 2.75. The first-order valence-electron chi connectivity index (χ1n) is 6.81. The Bertz CT molecular complexity index is 451. The Morgan fingerprint density at radius 2 is 2.15 bits per heavy atom. The van der Waals surface area contributed by atoms with E-state index in [-0.39, 0.29) is 17.5 Å². The van der Waals surface area contributed by atoms with E-state index in [2.05, 4.69) is 44.3 Å². The van der Waals surface area contributed by atoms with Crippen LogP contribution >= 0.6 is 0 Å². The van der Waals surface area contributed by atoms with Crippen molar-refractivity contribution in [3.63, 3.8) is 0 Å². The minimum absolute atomic E-state index is 0.186. The third-order valence-corrected chi connectivity index (χ3v) is 8.41. The zero-order valence-corrected chi connectivity index (χ0v) is 14.1. The molecule has 1 aromatic rings. The van der Waals surface area contributed by atoms with E-state index in [1.54, 1.807) is 17.0 Å². The highest BCUT2D eigenvalue weighted by Gasteiger charge is 2.36. The van der Waals surface area contributed by atoms with Crippen LogP contribution in [0.15, 0.2) is 12.4 Å². The summed E-state index contributed by atoms with van der Waals surface area (Å²) in [7, 11) is -1.73. The average molecular weight is 298 g/mol. The van der Waals surface area contributed by atoms with Crippen molar-refractivity contribution in [2.75, 3.05) is 6.61 Å². The molecule has 1 rings (SSSR count). The fraction of sp³-hybridized carbons (Fsp3) is 0.692. The molecule has 3 N–H and O–H groups in total. The summed E-state index contributed by atoms with van der Waals surface area (Å²) in [6.07, 6.45) is 4.15. The van der Waals surface area contributed by atoms with Crippen molar-refractivity contribution >= 4 is 14.2 Å². The number of hydrogen-bond donors (Lipinski definition) is 2. The molecule has 0 atom stereocenters. The van der Waals surface area contributed by atoms with E-state index in [9.17, 15) is 4.79 Å². The summed E-state index contributed by atoms with van der Waals surface area (Å²) in [4.78, 5) is 15.5. The molecule has 0 aliphatic rings. The summed E-state index contributed by atoms with van der Waals surface area (Å²) in [5.74, 6) is 5.69. The van der Waals surface area contributed by atoms with Gasteiger partial charge in [0.2, 0.25) is 0 Å². The van der Waals surface area contributed by atoms with Gasteiger partial charge in [0.25, 0.3) is 5.91 Å². The maximum atomic E-state index is 11.3. The van der Waals surface area contributed by atoms with Crippen molar-refractivity contribution in [2.45, 2.75) is 51.9 Å². The van der Waals surface area contributed by atoms with Gasteiger partial charge in [-0.05, 0) is 18.1 Å². The third kappa shape index (κ3) is 4.43. The lowest BCUT2D eigenvalue weighted by Gasteiger charge is -2.36. The second kappa shape index (κ2) is 6.51. The van der Waals surface area contributed by atoms with Crippen molar-refractivity contribution in [2.24, 2.45) is 5.84 Å². The van der Waals surface area contributed by atoms with E-state index in [1.165, 1.54) is 0 Å². The van der Waals surface area contributed by atoms with Gasteiger partial charge in [0.1, 0.15) is 12.4 Å². The molecule has 1 amide bonds. The second-order valence-electron chi connectivity index (χ2n) is 6.40. The largest absolute Gasteiger partial charge is 0.416 e. The minimum atomic E-state index is -1.73. The maximum absolute atomic E-state index is 11.3. The van der Waals surface area contributed by atoms with Crippen LogP contribution in [0.2, 0.25) is 18.1 Å². The zero-order chi connectivity index (χ0) is 15.4. The smallest absolute Gasteiger partial charge is 0.253 e. The van der Waals surface area contributed by atoms with Gasteiger partial charge in [-0.1, -0.05) is 20.8 Å². The topological polar surface area (TPSA) is 82.2 Å². The number of nitrogens with one attached hydrogen (secondary N) is 1. The van der Waals surface area contributed by atoms with Gasteiger partial charge in [0.05, 0.1) is 0 Å². The predicted octanol–water partition coefficient (Wildman–Crippen LogP) is 1.44. The van der Waals surface area contributed by atoms with Gasteiger partial charge in [0, 0.05) is 25.4 Å². The molecule has 0 saturated carbocycles. The molecule has 0 radical (unpaired) electrons. The number of rotatable bonds is 6. The normalized spacial score (nSPS) is 12.5. The standard InChI is InChI=1S/C13H26N4O2Si/c1-13(2,3)20(4,5)19-9-6-11-15-7-8-17(11)10-12(18)16-14/h7-8H,6,9-10,14H2,1-5H3,(H,16,18). The molecule has 0 spiro atoms. The van der Waals surface area contributed by atoms with Gasteiger partial charge < -0.3 is 8.99 Å². The van der Waals surface area contributed by atoms with Crippen LogP contribution in [0.4, 0.5) is 0 Å². The van der Waals surface area contributed by atoms with Gasteiger partial charge in [-0.15, -0.1) is 0 Å². The van der Waals surface area contributed by atoms with E-state index >= 15 is 0 Å². The molecular formula is C13H26N4O2Si. The molecule has 0 saturated heterocycles. The summed E-state index contributed by atoms with van der Waals surface area (Å²) in [6, 6.07) is 0. The lowest BCUT2D eigenvalue weighted by Crippen LogP contribution is -2.41. The molecule has 114 valence electrons. The van der Waals surface area contributed by atoms with Gasteiger partial charge in [-0.25, -0.2) is 10.8 Å². The number of carbonyl (C=O) groups is 1. The molecular weight excluding hydrogens is 272 g/mol. The first-order valence-corrected chi connectivity index (χ1v) is 9.71. The highest BCUT2D eigenvalue weighted by atomic mass is 28.4. The first-order chi connectivity index (χ1) is 9.17. The fourth-order valence-electron chi connectivity index (χ4n) is 1.53. The molecule has 0 bridgehead atoms. The number of nitrogens with two attached hydrogens (primary N) is 1. The van der Waals surface area contributed by atoms with E-state index in [0.29, 0.717) is 13.0 Å². The lowest BCUT2D eigenvalue weighted by molar-refractivity contribution is -0.121. The summed E-state index contributed by atoms with van der Waals surface area (Å²) in [5, 5.41) is 0.196. The van der Waals surface area contributed by atoms with Gasteiger partial charge in [-0.2, -0.15) is 0 Å². The molecule has 0 unspecified atom stereocenters. The highest BCUT2D eigenvalue weighted by molar-refractivity contribution is 6.74. The first kappa shape index (κ1) is 16.9. The predicted molar refractivity (Wildman–Crippen MR) is 81.4 cm³/mol. The van der Waals surface area contributed by atoms with Crippen LogP contribution < -0.4 is 11.3 Å². The van der Waals surface area contributed by atoms with Gasteiger partial charge >= 0.3 is 0 Å². The third-order valence-electron chi connectivity index (χ3n) is 3.87. The summed E-state index contributed by atoms with van der Waals surface area (Å²) in [5.41, 5.74) is 2.12. The lowest BCUT2D eigenvalue weighted by atomic mass is 10.2. The zero-order valence-electron chi connectivity index (χ0n) is 13.1. The van der Waals surface area contributed by atoms with Crippen LogP contribution in [-0.4, -0.2) is 30.4 Å². The Labute approximate surface area is 121 Å². The van der Waals surface area contributed by atoms with Crippen molar-refractivity contribution in [1.29, 1.82) is 0 Å². The molecule has 1 aromatic heterocycles. The summed E-state index contributed by atoms with van der Waals surface area (Å²) >= 11 is 0. The molecule has 0 aromatic carbocycles. The van der Waals surface area contributed by atoms with E-state index in [4.69, 9.17) is 10.3 Å². The number of carbonyl (C=O) groups excluding carboxylic acids is 1. The van der Waals surface area contributed by atoms with Crippen molar-refractivity contribution in [3.8, 4) is 0 Å². The molecule has 7 heteroatoms. The SMILES string of the molecule is CC(C)(C)[Si](C)(C)OCCc1nccn1CC(=O)NN. The Kier molecular flexibility index (Phi) is 5.49. The summed E-state index contributed by atoms with van der Waals surface area (Å²) in [6.45, 7) is 11.9. The molecule has 6 nitrogen and oxygen atoms in total. The maximum Gasteiger partial charge on any atom is 0.253 e. The number of amides is 1. The molecule has 0 fully saturated rings. The molecule has 0 aliphatic heterocycles. The minimum Gasteiger partial charge on any atom is -0.416 e. The Hall–Kier alpha value is -1.18. The van der Waals surface area contributed by atoms with E-state index < -0.39 is 8.32 Å². The van der Waals surface area contributed by atoms with Crippen molar-refractivity contribution in [1.82, 2.24) is 15.0 Å². The van der Waals surface area contributed by atoms with Gasteiger partial charge in [-0.3, -0.25) is 10.2 Å². The Balaban J connectivity index is 2.55. The van der Waals surface area contributed by atoms with Crippen molar-refractivity contribution in [3.05, 3.63) is 18.2 Å². The quantitative estimate of drug-likeness (QED) is 0.360. The van der Waals surface area contributed by atoms with Crippen LogP contribution in [0.5, 0.6) is 0 Å². The second-order valence-corrected chi connectivity index (χ2v) is 11.2. The Morgan fingerprint density at radius 3 is 2.70 bits per heavy atom. The van der Waals surface area contributed by atoms with Gasteiger partial charge in [0.15, 0.2) is 8.32 Å². The number of hydrazine groups is 1. The van der Waals surface area contributed by atoms with Crippen LogP contribution in [0, 0.1) is 0 Å².